The van der Waals surface area contributed by atoms with Crippen molar-refractivity contribution in [2.75, 3.05) is 11.9 Å². The van der Waals surface area contributed by atoms with E-state index in [9.17, 15) is 10.1 Å². The van der Waals surface area contributed by atoms with Crippen LogP contribution < -0.4 is 10.1 Å². The Morgan fingerprint density at radius 1 is 1.27 bits per heavy atom. The Balaban J connectivity index is 2.18. The molecule has 0 bridgehead atoms. The van der Waals surface area contributed by atoms with E-state index in [1.165, 1.54) is 6.33 Å². The van der Waals surface area contributed by atoms with E-state index in [1.807, 2.05) is 38.1 Å². The van der Waals surface area contributed by atoms with Crippen molar-refractivity contribution in [1.29, 1.82) is 0 Å². The van der Waals surface area contributed by atoms with Crippen LogP contribution in [0.2, 0.25) is 0 Å². The van der Waals surface area contributed by atoms with Crippen LogP contribution in [0.25, 0.3) is 0 Å². The van der Waals surface area contributed by atoms with Crippen LogP contribution in [0.3, 0.4) is 0 Å². The zero-order valence-electron chi connectivity index (χ0n) is 12.6. The molecule has 0 atom stereocenters. The minimum absolute atomic E-state index is 0.00624. The summed E-state index contributed by atoms with van der Waals surface area (Å²) in [6.07, 6.45) is 2.00. The number of anilines is 1. The number of nitro groups is 1. The largest absolute Gasteiger partial charge is 0.473 e. The lowest BCUT2D eigenvalue weighted by Crippen LogP contribution is -2.08. The van der Waals surface area contributed by atoms with Gasteiger partial charge >= 0.3 is 5.69 Å². The first-order valence-corrected chi connectivity index (χ1v) is 7.03. The second kappa shape index (κ2) is 7.35. The number of nitrogens with zero attached hydrogens (tertiary/aromatic N) is 3. The molecule has 1 N–H and O–H groups in total. The molecule has 116 valence electrons. The fourth-order valence-electron chi connectivity index (χ4n) is 1.85. The van der Waals surface area contributed by atoms with Gasteiger partial charge in [0.2, 0.25) is 5.82 Å². The molecule has 7 heteroatoms. The molecule has 0 unspecified atom stereocenters. The van der Waals surface area contributed by atoms with Crippen LogP contribution in [-0.2, 0) is 6.54 Å². The lowest BCUT2D eigenvalue weighted by molar-refractivity contribution is -0.385. The van der Waals surface area contributed by atoms with Crippen LogP contribution in [0.4, 0.5) is 11.5 Å². The van der Waals surface area contributed by atoms with Gasteiger partial charge in [0, 0.05) is 6.54 Å². The van der Waals surface area contributed by atoms with E-state index in [-0.39, 0.29) is 17.4 Å². The summed E-state index contributed by atoms with van der Waals surface area (Å²) < 4.78 is 5.32. The van der Waals surface area contributed by atoms with Gasteiger partial charge in [0.25, 0.3) is 5.88 Å². The summed E-state index contributed by atoms with van der Waals surface area (Å²) in [6, 6.07) is 7.90. The predicted octanol–water partition coefficient (Wildman–Crippen LogP) is 3.09. The first kappa shape index (κ1) is 15.7. The van der Waals surface area contributed by atoms with E-state index >= 15 is 0 Å². The fraction of sp³-hybridized carbons (Fsp3) is 0.333. The SMILES string of the molecule is CCCOc1ncnc(NCc2ccc(C)cc2)c1[N+](=O)[O-]. The zero-order chi connectivity index (χ0) is 15.9. The van der Waals surface area contributed by atoms with Crippen LogP contribution in [0, 0.1) is 17.0 Å². The number of nitrogens with one attached hydrogen (secondary N) is 1. The molecule has 0 aliphatic heterocycles. The third kappa shape index (κ3) is 3.91. The molecular weight excluding hydrogens is 284 g/mol. The van der Waals surface area contributed by atoms with E-state index in [4.69, 9.17) is 4.74 Å². The fourth-order valence-corrected chi connectivity index (χ4v) is 1.85. The van der Waals surface area contributed by atoms with Crippen LogP contribution in [-0.4, -0.2) is 21.5 Å². The van der Waals surface area contributed by atoms with Gasteiger partial charge in [0.15, 0.2) is 0 Å². The Kier molecular flexibility index (Phi) is 5.24. The molecule has 0 aliphatic rings. The smallest absolute Gasteiger partial charge is 0.372 e. The monoisotopic (exact) mass is 302 g/mol. The van der Waals surface area contributed by atoms with Crippen LogP contribution in [0.15, 0.2) is 30.6 Å². The number of rotatable bonds is 7. The van der Waals surface area contributed by atoms with E-state index in [0.29, 0.717) is 13.2 Å². The number of aromatic nitrogens is 2. The summed E-state index contributed by atoms with van der Waals surface area (Å²) in [6.45, 7) is 4.73. The molecule has 0 saturated carbocycles. The Hall–Kier alpha value is -2.70. The van der Waals surface area contributed by atoms with Gasteiger partial charge in [-0.25, -0.2) is 4.98 Å². The van der Waals surface area contributed by atoms with E-state index in [1.54, 1.807) is 0 Å². The molecule has 1 heterocycles. The van der Waals surface area contributed by atoms with Crippen molar-refractivity contribution in [2.24, 2.45) is 0 Å². The maximum absolute atomic E-state index is 11.3. The van der Waals surface area contributed by atoms with Crippen LogP contribution in [0.5, 0.6) is 5.88 Å². The van der Waals surface area contributed by atoms with Crippen molar-refractivity contribution >= 4 is 11.5 Å². The Morgan fingerprint density at radius 3 is 2.64 bits per heavy atom. The molecule has 0 saturated heterocycles. The van der Waals surface area contributed by atoms with Crippen molar-refractivity contribution in [2.45, 2.75) is 26.8 Å². The lowest BCUT2D eigenvalue weighted by Gasteiger charge is -2.09. The van der Waals surface area contributed by atoms with Gasteiger partial charge in [-0.1, -0.05) is 36.8 Å². The van der Waals surface area contributed by atoms with Gasteiger partial charge in [-0.3, -0.25) is 10.1 Å². The Morgan fingerprint density at radius 2 is 2.00 bits per heavy atom. The summed E-state index contributed by atoms with van der Waals surface area (Å²) >= 11 is 0. The van der Waals surface area contributed by atoms with Gasteiger partial charge in [0.05, 0.1) is 11.5 Å². The van der Waals surface area contributed by atoms with Gasteiger partial charge in [0.1, 0.15) is 6.33 Å². The summed E-state index contributed by atoms with van der Waals surface area (Å²) in [4.78, 5) is 18.5. The van der Waals surface area contributed by atoms with Gasteiger partial charge in [-0.15, -0.1) is 0 Å². The number of hydrogen-bond donors (Lipinski definition) is 1. The zero-order valence-corrected chi connectivity index (χ0v) is 12.6. The molecule has 2 rings (SSSR count). The molecule has 0 fully saturated rings. The minimum Gasteiger partial charge on any atom is -0.473 e. The first-order valence-electron chi connectivity index (χ1n) is 7.03. The summed E-state index contributed by atoms with van der Waals surface area (Å²) in [7, 11) is 0. The molecule has 1 aromatic carbocycles. The highest BCUT2D eigenvalue weighted by Crippen LogP contribution is 2.31. The third-order valence-electron chi connectivity index (χ3n) is 2.99. The van der Waals surface area contributed by atoms with Gasteiger partial charge < -0.3 is 10.1 Å². The molecular formula is C15H18N4O3. The van der Waals surface area contributed by atoms with E-state index < -0.39 is 4.92 Å². The van der Waals surface area contributed by atoms with Crippen LogP contribution in [0.1, 0.15) is 24.5 Å². The second-order valence-corrected chi connectivity index (χ2v) is 4.82. The summed E-state index contributed by atoms with van der Waals surface area (Å²) in [5, 5.41) is 14.2. The topological polar surface area (TPSA) is 90.2 Å². The lowest BCUT2D eigenvalue weighted by atomic mass is 10.1. The van der Waals surface area contributed by atoms with Crippen molar-refractivity contribution < 1.29 is 9.66 Å². The van der Waals surface area contributed by atoms with Gasteiger partial charge in [-0.2, -0.15) is 4.98 Å². The summed E-state index contributed by atoms with van der Waals surface area (Å²) in [5.41, 5.74) is 1.93. The van der Waals surface area contributed by atoms with Crippen molar-refractivity contribution in [3.8, 4) is 5.88 Å². The summed E-state index contributed by atoms with van der Waals surface area (Å²) in [5.74, 6) is 0.153. The van der Waals surface area contributed by atoms with E-state index in [2.05, 4.69) is 15.3 Å². The molecule has 0 amide bonds. The molecule has 2 aromatic rings. The Labute approximate surface area is 128 Å². The molecule has 0 radical (unpaired) electrons. The molecule has 0 aliphatic carbocycles. The van der Waals surface area contributed by atoms with Crippen molar-refractivity contribution in [1.82, 2.24) is 9.97 Å². The number of hydrogen-bond acceptors (Lipinski definition) is 6. The van der Waals surface area contributed by atoms with Crippen molar-refractivity contribution in [3.05, 3.63) is 51.8 Å². The first-order chi connectivity index (χ1) is 10.6. The predicted molar refractivity (Wildman–Crippen MR) is 83.0 cm³/mol. The molecule has 22 heavy (non-hydrogen) atoms. The third-order valence-corrected chi connectivity index (χ3v) is 2.99. The number of benzene rings is 1. The average molecular weight is 302 g/mol. The normalized spacial score (nSPS) is 10.3. The van der Waals surface area contributed by atoms with Crippen LogP contribution >= 0.6 is 0 Å². The molecule has 0 spiro atoms. The minimum atomic E-state index is -0.525. The maximum Gasteiger partial charge on any atom is 0.372 e. The van der Waals surface area contributed by atoms with Gasteiger partial charge in [-0.05, 0) is 18.9 Å². The highest BCUT2D eigenvalue weighted by atomic mass is 16.6. The highest BCUT2D eigenvalue weighted by Gasteiger charge is 2.24. The number of ether oxygens (including phenoxy) is 1. The maximum atomic E-state index is 11.3. The quantitative estimate of drug-likeness (QED) is 0.624. The standard InChI is InChI=1S/C15H18N4O3/c1-3-8-22-15-13(19(20)21)14(17-10-18-15)16-9-12-6-4-11(2)5-7-12/h4-7,10H,3,8-9H2,1-2H3,(H,16,17,18). The average Bonchev–Trinajstić information content (AvgIpc) is 2.52. The van der Waals surface area contributed by atoms with Crippen molar-refractivity contribution in [3.63, 3.8) is 0 Å². The van der Waals surface area contributed by atoms with E-state index in [0.717, 1.165) is 17.5 Å². The Bertz CT molecular complexity index is 644. The molecule has 7 nitrogen and oxygen atoms in total. The number of aryl methyl sites for hydroxylation is 1. The second-order valence-electron chi connectivity index (χ2n) is 4.82. The molecule has 1 aromatic heterocycles. The highest BCUT2D eigenvalue weighted by molar-refractivity contribution is 5.61.